The standard InChI is InChI=1S/C11H21ClN2O/c1-11(14(2)3)6-4-9(5-7-11)13-10(15)8-12/h9H,4-8H2,1-3H3,(H,13,15). The van der Waals surface area contributed by atoms with Gasteiger partial charge in [-0.25, -0.2) is 0 Å². The van der Waals surface area contributed by atoms with Crippen molar-refractivity contribution in [2.24, 2.45) is 0 Å². The third-order valence-corrected chi connectivity index (χ3v) is 3.87. The number of rotatable bonds is 3. The molecule has 0 atom stereocenters. The number of hydrogen-bond donors (Lipinski definition) is 1. The summed E-state index contributed by atoms with van der Waals surface area (Å²) >= 11 is 5.46. The molecule has 0 unspecified atom stereocenters. The second kappa shape index (κ2) is 5.17. The first-order valence-corrected chi connectivity index (χ1v) is 6.04. The Labute approximate surface area is 97.2 Å². The van der Waals surface area contributed by atoms with Crippen molar-refractivity contribution in [1.82, 2.24) is 10.2 Å². The van der Waals surface area contributed by atoms with Crippen molar-refractivity contribution in [3.05, 3.63) is 0 Å². The molecule has 1 amide bonds. The fourth-order valence-electron chi connectivity index (χ4n) is 2.10. The maximum atomic E-state index is 11.1. The van der Waals surface area contributed by atoms with E-state index in [1.165, 1.54) is 0 Å². The SMILES string of the molecule is CN(C)C1(C)CCC(NC(=O)CCl)CC1. The lowest BCUT2D eigenvalue weighted by Gasteiger charge is -2.42. The van der Waals surface area contributed by atoms with Gasteiger partial charge in [0.05, 0.1) is 0 Å². The number of carbonyl (C=O) groups is 1. The van der Waals surface area contributed by atoms with Gasteiger partial charge in [-0.3, -0.25) is 4.79 Å². The molecule has 1 aliphatic rings. The van der Waals surface area contributed by atoms with E-state index in [-0.39, 0.29) is 11.8 Å². The summed E-state index contributed by atoms with van der Waals surface area (Å²) < 4.78 is 0. The number of alkyl halides is 1. The number of carbonyl (C=O) groups excluding carboxylic acids is 1. The highest BCUT2D eigenvalue weighted by atomic mass is 35.5. The molecule has 0 radical (unpaired) electrons. The Morgan fingerprint density at radius 3 is 2.40 bits per heavy atom. The van der Waals surface area contributed by atoms with Crippen LogP contribution in [0.15, 0.2) is 0 Å². The summed E-state index contributed by atoms with van der Waals surface area (Å²) in [5, 5.41) is 2.96. The van der Waals surface area contributed by atoms with Gasteiger partial charge < -0.3 is 10.2 Å². The van der Waals surface area contributed by atoms with E-state index in [1.54, 1.807) is 0 Å². The van der Waals surface area contributed by atoms with Gasteiger partial charge in [0.1, 0.15) is 5.88 Å². The second-order valence-corrected chi connectivity index (χ2v) is 5.13. The lowest BCUT2D eigenvalue weighted by Crippen LogP contribution is -2.48. The first-order valence-electron chi connectivity index (χ1n) is 5.51. The molecule has 1 rings (SSSR count). The van der Waals surface area contributed by atoms with Crippen molar-refractivity contribution in [2.45, 2.75) is 44.2 Å². The molecule has 1 N–H and O–H groups in total. The number of nitrogens with zero attached hydrogens (tertiary/aromatic N) is 1. The molecule has 1 aliphatic carbocycles. The predicted octanol–water partition coefficient (Wildman–Crippen LogP) is 1.60. The summed E-state index contributed by atoms with van der Waals surface area (Å²) in [5.74, 6) is 0.0247. The summed E-state index contributed by atoms with van der Waals surface area (Å²) in [6.07, 6.45) is 4.37. The van der Waals surface area contributed by atoms with Crippen LogP contribution in [0.2, 0.25) is 0 Å². The van der Waals surface area contributed by atoms with Gasteiger partial charge in [0.25, 0.3) is 0 Å². The molecule has 0 spiro atoms. The monoisotopic (exact) mass is 232 g/mol. The Kier molecular flexibility index (Phi) is 4.41. The van der Waals surface area contributed by atoms with E-state index in [4.69, 9.17) is 11.6 Å². The van der Waals surface area contributed by atoms with Crippen molar-refractivity contribution < 1.29 is 4.79 Å². The molecule has 15 heavy (non-hydrogen) atoms. The summed E-state index contributed by atoms with van der Waals surface area (Å²) in [4.78, 5) is 13.4. The van der Waals surface area contributed by atoms with Crippen LogP contribution >= 0.6 is 11.6 Å². The first kappa shape index (κ1) is 12.8. The van der Waals surface area contributed by atoms with Gasteiger partial charge in [0.2, 0.25) is 5.91 Å². The molecule has 0 aromatic heterocycles. The fraction of sp³-hybridized carbons (Fsp3) is 0.909. The van der Waals surface area contributed by atoms with Crippen molar-refractivity contribution in [1.29, 1.82) is 0 Å². The number of hydrogen-bond acceptors (Lipinski definition) is 2. The zero-order valence-electron chi connectivity index (χ0n) is 9.85. The van der Waals surface area contributed by atoms with Crippen LogP contribution in [0.5, 0.6) is 0 Å². The average Bonchev–Trinajstić information content (AvgIpc) is 2.21. The Bertz CT molecular complexity index is 223. The van der Waals surface area contributed by atoms with Crippen LogP contribution in [-0.2, 0) is 4.79 Å². The number of amides is 1. The molecule has 4 heteroatoms. The van der Waals surface area contributed by atoms with Crippen LogP contribution in [0.3, 0.4) is 0 Å². The van der Waals surface area contributed by atoms with Crippen LogP contribution in [-0.4, -0.2) is 42.4 Å². The minimum Gasteiger partial charge on any atom is -0.352 e. The predicted molar refractivity (Wildman–Crippen MR) is 63.2 cm³/mol. The summed E-state index contributed by atoms with van der Waals surface area (Å²) in [7, 11) is 4.25. The van der Waals surface area contributed by atoms with E-state index in [2.05, 4.69) is 31.2 Å². The van der Waals surface area contributed by atoms with Gasteiger partial charge in [0, 0.05) is 11.6 Å². The smallest absolute Gasteiger partial charge is 0.235 e. The molecule has 3 nitrogen and oxygen atoms in total. The average molecular weight is 233 g/mol. The van der Waals surface area contributed by atoms with Gasteiger partial charge in [-0.05, 0) is 46.7 Å². The van der Waals surface area contributed by atoms with Gasteiger partial charge in [-0.15, -0.1) is 11.6 Å². The van der Waals surface area contributed by atoms with Crippen molar-refractivity contribution in [2.75, 3.05) is 20.0 Å². The van der Waals surface area contributed by atoms with Crippen LogP contribution in [0.4, 0.5) is 0 Å². The van der Waals surface area contributed by atoms with Crippen molar-refractivity contribution in [3.8, 4) is 0 Å². The number of halogens is 1. The van der Waals surface area contributed by atoms with E-state index in [0.29, 0.717) is 11.6 Å². The second-order valence-electron chi connectivity index (χ2n) is 4.87. The maximum absolute atomic E-state index is 11.1. The van der Waals surface area contributed by atoms with Gasteiger partial charge in [-0.2, -0.15) is 0 Å². The molecule has 0 aromatic rings. The van der Waals surface area contributed by atoms with Crippen molar-refractivity contribution in [3.63, 3.8) is 0 Å². The largest absolute Gasteiger partial charge is 0.352 e. The van der Waals surface area contributed by atoms with Crippen LogP contribution in [0.1, 0.15) is 32.6 Å². The third kappa shape index (κ3) is 3.35. The Hall–Kier alpha value is -0.280. The van der Waals surface area contributed by atoms with Gasteiger partial charge in [0.15, 0.2) is 0 Å². The fourth-order valence-corrected chi connectivity index (χ4v) is 2.17. The summed E-state index contributed by atoms with van der Waals surface area (Å²) in [5.41, 5.74) is 0.294. The van der Waals surface area contributed by atoms with Crippen LogP contribution < -0.4 is 5.32 Å². The molecule has 1 saturated carbocycles. The third-order valence-electron chi connectivity index (χ3n) is 3.63. The summed E-state index contributed by atoms with van der Waals surface area (Å²) in [6, 6.07) is 0.323. The van der Waals surface area contributed by atoms with E-state index in [0.717, 1.165) is 25.7 Å². The van der Waals surface area contributed by atoms with Crippen LogP contribution in [0, 0.1) is 0 Å². The highest BCUT2D eigenvalue weighted by Crippen LogP contribution is 2.31. The Balaban J connectivity index is 2.39. The van der Waals surface area contributed by atoms with E-state index in [9.17, 15) is 4.79 Å². The minimum atomic E-state index is -0.0462. The molecule has 1 fully saturated rings. The Morgan fingerprint density at radius 1 is 1.47 bits per heavy atom. The van der Waals surface area contributed by atoms with E-state index < -0.39 is 0 Å². The minimum absolute atomic E-state index is 0.0462. The quantitative estimate of drug-likeness (QED) is 0.750. The Morgan fingerprint density at radius 2 is 2.00 bits per heavy atom. The van der Waals surface area contributed by atoms with Gasteiger partial charge in [-0.1, -0.05) is 0 Å². The highest BCUT2D eigenvalue weighted by Gasteiger charge is 2.32. The van der Waals surface area contributed by atoms with Crippen molar-refractivity contribution >= 4 is 17.5 Å². The molecule has 88 valence electrons. The van der Waals surface area contributed by atoms with E-state index >= 15 is 0 Å². The zero-order valence-corrected chi connectivity index (χ0v) is 10.6. The number of nitrogens with one attached hydrogen (secondary N) is 1. The lowest BCUT2D eigenvalue weighted by molar-refractivity contribution is -0.119. The topological polar surface area (TPSA) is 32.3 Å². The molecule has 0 heterocycles. The summed E-state index contributed by atoms with van der Waals surface area (Å²) in [6.45, 7) is 2.28. The van der Waals surface area contributed by atoms with Gasteiger partial charge >= 0.3 is 0 Å². The highest BCUT2D eigenvalue weighted by molar-refractivity contribution is 6.27. The van der Waals surface area contributed by atoms with Crippen LogP contribution in [0.25, 0.3) is 0 Å². The maximum Gasteiger partial charge on any atom is 0.235 e. The molecule has 0 saturated heterocycles. The lowest BCUT2D eigenvalue weighted by atomic mass is 9.80. The zero-order chi connectivity index (χ0) is 11.5. The molecule has 0 aliphatic heterocycles. The molecule has 0 aromatic carbocycles. The molecule has 0 bridgehead atoms. The first-order chi connectivity index (χ1) is 6.98. The normalized spacial score (nSPS) is 31.7. The molecular formula is C11H21ClN2O. The molecular weight excluding hydrogens is 212 g/mol. The van der Waals surface area contributed by atoms with E-state index in [1.807, 2.05) is 0 Å².